The summed E-state index contributed by atoms with van der Waals surface area (Å²) in [5.41, 5.74) is 3.30. The van der Waals surface area contributed by atoms with Crippen LogP contribution in [0, 0.1) is 0 Å². The summed E-state index contributed by atoms with van der Waals surface area (Å²) in [6.45, 7) is 7.37. The van der Waals surface area contributed by atoms with E-state index in [2.05, 4.69) is 51.1 Å². The third-order valence-corrected chi connectivity index (χ3v) is 7.12. The van der Waals surface area contributed by atoms with Gasteiger partial charge in [0.05, 0.1) is 37.5 Å². The minimum atomic E-state index is -2.76. The van der Waals surface area contributed by atoms with Gasteiger partial charge in [0.15, 0.2) is 5.82 Å². The van der Waals surface area contributed by atoms with Crippen molar-refractivity contribution in [2.24, 2.45) is 0 Å². The number of aromatic nitrogens is 4. The maximum Gasteiger partial charge on any atom is 0.296 e. The third-order valence-electron chi connectivity index (χ3n) is 7.12. The highest BCUT2D eigenvalue weighted by Gasteiger charge is 2.23. The molecule has 0 amide bonds. The predicted molar refractivity (Wildman–Crippen MR) is 159 cm³/mol. The fraction of sp³-hybridized carbons (Fsp3) is 0.433. The van der Waals surface area contributed by atoms with Crippen LogP contribution in [-0.2, 0) is 20.8 Å². The average Bonchev–Trinajstić information content (AvgIpc) is 3.42. The highest BCUT2D eigenvalue weighted by molar-refractivity contribution is 5.78. The second-order valence-electron chi connectivity index (χ2n) is 10.2. The number of rotatable bonds is 7. The van der Waals surface area contributed by atoms with Crippen LogP contribution in [0.25, 0.3) is 16.9 Å². The van der Waals surface area contributed by atoms with E-state index in [9.17, 15) is 8.78 Å². The molecule has 2 aromatic carbocycles. The number of alkyl halides is 2. The molecule has 4 aromatic rings. The SMILES string of the molecule is CC1COCCN1c1ccc(CNc2cc(-n3c(C(F)F)nc4ccccc43)nc(N3CCOCC3)n2)cc1.COC. The monoisotopic (exact) mass is 581 g/mol. The van der Waals surface area contributed by atoms with E-state index in [1.807, 2.05) is 4.90 Å². The molecule has 6 rings (SSSR count). The third kappa shape index (κ3) is 6.77. The van der Waals surface area contributed by atoms with Gasteiger partial charge in [-0.15, -0.1) is 0 Å². The summed E-state index contributed by atoms with van der Waals surface area (Å²) in [5, 5.41) is 3.38. The molecule has 4 heterocycles. The van der Waals surface area contributed by atoms with Gasteiger partial charge in [0, 0.05) is 58.2 Å². The van der Waals surface area contributed by atoms with E-state index in [1.54, 1.807) is 44.6 Å². The van der Waals surface area contributed by atoms with Gasteiger partial charge in [-0.3, -0.25) is 4.57 Å². The van der Waals surface area contributed by atoms with Crippen molar-refractivity contribution in [3.63, 3.8) is 0 Å². The minimum Gasteiger partial charge on any atom is -0.388 e. The number of methoxy groups -OCH3 is 1. The molecule has 2 aliphatic rings. The summed E-state index contributed by atoms with van der Waals surface area (Å²) in [5.74, 6) is 1.01. The Morgan fingerprint density at radius 1 is 0.952 bits per heavy atom. The maximum absolute atomic E-state index is 14.1. The smallest absolute Gasteiger partial charge is 0.296 e. The number of fused-ring (bicyclic) bond motifs is 1. The lowest BCUT2D eigenvalue weighted by Crippen LogP contribution is -2.43. The van der Waals surface area contributed by atoms with Gasteiger partial charge in [-0.1, -0.05) is 24.3 Å². The van der Waals surface area contributed by atoms with Crippen molar-refractivity contribution < 1.29 is 23.0 Å². The first kappa shape index (κ1) is 29.6. The van der Waals surface area contributed by atoms with Gasteiger partial charge in [-0.05, 0) is 36.8 Å². The first-order valence-corrected chi connectivity index (χ1v) is 14.0. The molecule has 2 aromatic heterocycles. The molecular weight excluding hydrogens is 544 g/mol. The van der Waals surface area contributed by atoms with E-state index < -0.39 is 6.43 Å². The molecule has 0 saturated carbocycles. The maximum atomic E-state index is 14.1. The quantitative estimate of drug-likeness (QED) is 0.334. The number of benzene rings is 2. The highest BCUT2D eigenvalue weighted by Crippen LogP contribution is 2.29. The van der Waals surface area contributed by atoms with Crippen molar-refractivity contribution in [2.45, 2.75) is 25.9 Å². The van der Waals surface area contributed by atoms with Gasteiger partial charge in [-0.25, -0.2) is 13.8 Å². The summed E-state index contributed by atoms with van der Waals surface area (Å²) in [7, 11) is 3.25. The number of hydrogen-bond acceptors (Lipinski definition) is 9. The lowest BCUT2D eigenvalue weighted by molar-refractivity contribution is 0.0989. The molecule has 0 bridgehead atoms. The van der Waals surface area contributed by atoms with Gasteiger partial charge in [0.1, 0.15) is 11.6 Å². The molecule has 10 nitrogen and oxygen atoms in total. The standard InChI is InChI=1S/C28H31F2N7O2.C2H6O/c1-19-18-39-15-12-36(19)21-8-6-20(7-9-21)17-31-24-16-25(34-28(33-24)35-10-13-38-14-11-35)37-23-5-3-2-4-22(23)32-27(37)26(29)30;1-3-2/h2-9,16,19,26H,10-15,17-18H2,1H3,(H,31,33,34);1-2H3. The molecule has 2 saturated heterocycles. The minimum absolute atomic E-state index is 0.332. The van der Waals surface area contributed by atoms with Crippen LogP contribution < -0.4 is 15.1 Å². The van der Waals surface area contributed by atoms with Crippen LogP contribution in [0.2, 0.25) is 0 Å². The molecule has 42 heavy (non-hydrogen) atoms. The second-order valence-corrected chi connectivity index (χ2v) is 10.2. The Kier molecular flexibility index (Phi) is 9.78. The van der Waals surface area contributed by atoms with E-state index in [0.717, 1.165) is 25.3 Å². The van der Waals surface area contributed by atoms with E-state index in [1.165, 1.54) is 10.3 Å². The lowest BCUT2D eigenvalue weighted by atomic mass is 10.1. The first-order chi connectivity index (χ1) is 20.5. The Bertz CT molecular complexity index is 1440. The Labute approximate surface area is 244 Å². The number of nitrogens with zero attached hydrogens (tertiary/aromatic N) is 6. The molecule has 2 fully saturated rings. The van der Waals surface area contributed by atoms with Crippen molar-refractivity contribution in [1.82, 2.24) is 19.5 Å². The van der Waals surface area contributed by atoms with Crippen LogP contribution in [0.1, 0.15) is 24.7 Å². The zero-order valence-electron chi connectivity index (χ0n) is 24.2. The van der Waals surface area contributed by atoms with Gasteiger partial charge in [-0.2, -0.15) is 9.97 Å². The summed E-state index contributed by atoms with van der Waals surface area (Å²) < 4.78 is 44.9. The number of imidazole rings is 1. The fourth-order valence-corrected chi connectivity index (χ4v) is 5.07. The normalized spacial score (nSPS) is 17.3. The molecule has 224 valence electrons. The van der Waals surface area contributed by atoms with Gasteiger partial charge >= 0.3 is 0 Å². The second kappa shape index (κ2) is 13.9. The number of ether oxygens (including phenoxy) is 3. The largest absolute Gasteiger partial charge is 0.388 e. The molecule has 12 heteroatoms. The fourth-order valence-electron chi connectivity index (χ4n) is 5.07. The zero-order chi connectivity index (χ0) is 29.5. The first-order valence-electron chi connectivity index (χ1n) is 14.0. The van der Waals surface area contributed by atoms with Crippen LogP contribution >= 0.6 is 0 Å². The molecule has 1 atom stereocenters. The molecular formula is C30H37F2N7O3. The number of anilines is 3. The van der Waals surface area contributed by atoms with Crippen molar-refractivity contribution in [3.05, 3.63) is 66.0 Å². The van der Waals surface area contributed by atoms with E-state index in [0.29, 0.717) is 67.5 Å². The van der Waals surface area contributed by atoms with Crippen molar-refractivity contribution in [2.75, 3.05) is 75.4 Å². The van der Waals surface area contributed by atoms with Crippen molar-refractivity contribution >= 4 is 28.5 Å². The van der Waals surface area contributed by atoms with E-state index in [4.69, 9.17) is 19.4 Å². The average molecular weight is 582 g/mol. The molecule has 0 radical (unpaired) electrons. The highest BCUT2D eigenvalue weighted by atomic mass is 19.3. The Morgan fingerprint density at radius 2 is 1.67 bits per heavy atom. The van der Waals surface area contributed by atoms with Crippen LogP contribution in [0.4, 0.5) is 26.2 Å². The van der Waals surface area contributed by atoms with Gasteiger partial charge < -0.3 is 29.3 Å². The predicted octanol–water partition coefficient (Wildman–Crippen LogP) is 4.69. The number of nitrogens with one attached hydrogen (secondary N) is 1. The summed E-state index contributed by atoms with van der Waals surface area (Å²) in [6, 6.07) is 17.5. The van der Waals surface area contributed by atoms with Crippen molar-refractivity contribution in [3.8, 4) is 5.82 Å². The zero-order valence-corrected chi connectivity index (χ0v) is 24.2. The number of hydrogen-bond donors (Lipinski definition) is 1. The Balaban J connectivity index is 0.00000113. The topological polar surface area (TPSA) is 89.8 Å². The molecule has 0 spiro atoms. The van der Waals surface area contributed by atoms with Crippen LogP contribution in [-0.4, -0.2) is 85.8 Å². The number of halogens is 2. The summed E-state index contributed by atoms with van der Waals surface area (Å²) in [4.78, 5) is 18.0. The summed E-state index contributed by atoms with van der Waals surface area (Å²) in [6.07, 6.45) is -2.76. The lowest BCUT2D eigenvalue weighted by Gasteiger charge is -2.35. The molecule has 1 N–H and O–H groups in total. The van der Waals surface area contributed by atoms with E-state index >= 15 is 0 Å². The molecule has 2 aliphatic heterocycles. The Hall–Kier alpha value is -3.87. The van der Waals surface area contributed by atoms with Crippen LogP contribution in [0.3, 0.4) is 0 Å². The number of morpholine rings is 2. The van der Waals surface area contributed by atoms with Crippen molar-refractivity contribution in [1.29, 1.82) is 0 Å². The van der Waals surface area contributed by atoms with Gasteiger partial charge in [0.25, 0.3) is 6.43 Å². The Morgan fingerprint density at radius 3 is 2.38 bits per heavy atom. The van der Waals surface area contributed by atoms with Crippen LogP contribution in [0.15, 0.2) is 54.6 Å². The van der Waals surface area contributed by atoms with E-state index in [-0.39, 0.29) is 5.82 Å². The molecule has 0 aliphatic carbocycles. The molecule has 1 unspecified atom stereocenters. The van der Waals surface area contributed by atoms with Crippen LogP contribution in [0.5, 0.6) is 0 Å². The number of para-hydroxylation sites is 2. The van der Waals surface area contributed by atoms with Gasteiger partial charge in [0.2, 0.25) is 5.95 Å². The summed E-state index contributed by atoms with van der Waals surface area (Å²) >= 11 is 0.